The standard InChI is InChI=1S/C17H13NO/c19-17-15-9-5-4-8-14(15)16-13(10-11-18(16)17)12-6-2-1-3-7-12/h1-9H,10-11H2. The van der Waals surface area contributed by atoms with Gasteiger partial charge >= 0.3 is 0 Å². The van der Waals surface area contributed by atoms with Crippen molar-refractivity contribution < 1.29 is 4.79 Å². The monoisotopic (exact) mass is 247 g/mol. The molecule has 0 aromatic heterocycles. The lowest BCUT2D eigenvalue weighted by Gasteiger charge is -2.10. The molecule has 2 nitrogen and oxygen atoms in total. The van der Waals surface area contributed by atoms with Crippen LogP contribution in [0.3, 0.4) is 0 Å². The summed E-state index contributed by atoms with van der Waals surface area (Å²) in [5.41, 5.74) is 5.56. The summed E-state index contributed by atoms with van der Waals surface area (Å²) in [5.74, 6) is 0.150. The molecule has 0 unspecified atom stereocenters. The van der Waals surface area contributed by atoms with Crippen LogP contribution >= 0.6 is 0 Å². The third kappa shape index (κ3) is 1.40. The Labute approximate surface area is 112 Å². The number of hydrogen-bond donors (Lipinski definition) is 0. The van der Waals surface area contributed by atoms with Crippen LogP contribution in [-0.4, -0.2) is 17.4 Å². The molecule has 2 aromatic rings. The molecule has 2 heteroatoms. The summed E-state index contributed by atoms with van der Waals surface area (Å²) >= 11 is 0. The van der Waals surface area contributed by atoms with Crippen molar-refractivity contribution in [3.63, 3.8) is 0 Å². The molecule has 2 aromatic carbocycles. The zero-order valence-corrected chi connectivity index (χ0v) is 10.5. The van der Waals surface area contributed by atoms with Crippen molar-refractivity contribution >= 4 is 17.2 Å². The van der Waals surface area contributed by atoms with Crippen LogP contribution < -0.4 is 0 Å². The summed E-state index contributed by atoms with van der Waals surface area (Å²) in [5, 5.41) is 0. The van der Waals surface area contributed by atoms with Gasteiger partial charge in [0.25, 0.3) is 5.91 Å². The van der Waals surface area contributed by atoms with Gasteiger partial charge in [0.2, 0.25) is 0 Å². The second-order valence-corrected chi connectivity index (χ2v) is 4.95. The highest BCUT2D eigenvalue weighted by Gasteiger charge is 2.37. The predicted molar refractivity (Wildman–Crippen MR) is 75.4 cm³/mol. The van der Waals surface area contributed by atoms with Gasteiger partial charge in [0.15, 0.2) is 0 Å². The maximum absolute atomic E-state index is 12.3. The number of hydrogen-bond acceptors (Lipinski definition) is 1. The number of fused-ring (bicyclic) bond motifs is 3. The van der Waals surface area contributed by atoms with E-state index in [0.717, 1.165) is 29.8 Å². The van der Waals surface area contributed by atoms with Crippen molar-refractivity contribution in [2.45, 2.75) is 6.42 Å². The first-order valence-corrected chi connectivity index (χ1v) is 6.56. The second-order valence-electron chi connectivity index (χ2n) is 4.95. The Kier molecular flexibility index (Phi) is 2.12. The van der Waals surface area contributed by atoms with E-state index in [1.54, 1.807) is 0 Å². The largest absolute Gasteiger partial charge is 0.307 e. The normalized spacial score (nSPS) is 16.8. The Morgan fingerprint density at radius 3 is 2.32 bits per heavy atom. The summed E-state index contributed by atoms with van der Waals surface area (Å²) in [7, 11) is 0. The Bertz CT molecular complexity index is 700. The van der Waals surface area contributed by atoms with Crippen molar-refractivity contribution in [2.75, 3.05) is 6.54 Å². The maximum atomic E-state index is 12.3. The number of benzene rings is 2. The highest BCUT2D eigenvalue weighted by Crippen LogP contribution is 2.43. The van der Waals surface area contributed by atoms with Gasteiger partial charge < -0.3 is 4.90 Å². The van der Waals surface area contributed by atoms with Gasteiger partial charge in [-0.05, 0) is 23.6 Å². The highest BCUT2D eigenvalue weighted by molar-refractivity contribution is 6.15. The van der Waals surface area contributed by atoms with E-state index in [9.17, 15) is 4.79 Å². The number of carbonyl (C=O) groups is 1. The Morgan fingerprint density at radius 2 is 1.53 bits per heavy atom. The van der Waals surface area contributed by atoms with Gasteiger partial charge in [-0.15, -0.1) is 0 Å². The number of nitrogens with zero attached hydrogens (tertiary/aromatic N) is 1. The first kappa shape index (κ1) is 10.6. The summed E-state index contributed by atoms with van der Waals surface area (Å²) in [6.07, 6.45) is 0.944. The third-order valence-corrected chi connectivity index (χ3v) is 3.92. The summed E-state index contributed by atoms with van der Waals surface area (Å²) < 4.78 is 0. The van der Waals surface area contributed by atoms with Crippen LogP contribution in [0, 0.1) is 0 Å². The lowest BCUT2D eigenvalue weighted by Crippen LogP contribution is -2.20. The molecular formula is C17H13NO. The summed E-state index contributed by atoms with van der Waals surface area (Å²) in [4.78, 5) is 14.3. The maximum Gasteiger partial charge on any atom is 0.258 e. The van der Waals surface area contributed by atoms with Crippen LogP contribution in [0.4, 0.5) is 0 Å². The summed E-state index contributed by atoms with van der Waals surface area (Å²) in [6.45, 7) is 0.799. The first-order chi connectivity index (χ1) is 9.36. The number of amides is 1. The predicted octanol–water partition coefficient (Wildman–Crippen LogP) is 3.41. The topological polar surface area (TPSA) is 20.3 Å². The van der Waals surface area contributed by atoms with Crippen molar-refractivity contribution in [3.8, 4) is 0 Å². The van der Waals surface area contributed by atoms with Gasteiger partial charge in [0, 0.05) is 17.7 Å². The third-order valence-electron chi connectivity index (χ3n) is 3.92. The molecule has 4 rings (SSSR count). The van der Waals surface area contributed by atoms with E-state index in [-0.39, 0.29) is 5.91 Å². The zero-order valence-electron chi connectivity index (χ0n) is 10.5. The average molecular weight is 247 g/mol. The minimum absolute atomic E-state index is 0.150. The number of rotatable bonds is 1. The van der Waals surface area contributed by atoms with Gasteiger partial charge in [0.05, 0.1) is 5.70 Å². The molecule has 0 spiro atoms. The lowest BCUT2D eigenvalue weighted by atomic mass is 9.98. The van der Waals surface area contributed by atoms with Gasteiger partial charge in [0.1, 0.15) is 0 Å². The van der Waals surface area contributed by atoms with Crippen molar-refractivity contribution in [1.82, 2.24) is 4.90 Å². The molecule has 2 aliphatic rings. The molecule has 0 aliphatic carbocycles. The van der Waals surface area contributed by atoms with E-state index in [2.05, 4.69) is 18.2 Å². The second kappa shape index (κ2) is 3.82. The molecular weight excluding hydrogens is 234 g/mol. The van der Waals surface area contributed by atoms with Crippen LogP contribution in [0.15, 0.2) is 54.6 Å². The van der Waals surface area contributed by atoms with Crippen LogP contribution in [-0.2, 0) is 0 Å². The Hall–Kier alpha value is -2.35. The van der Waals surface area contributed by atoms with Gasteiger partial charge in [-0.25, -0.2) is 0 Å². The lowest BCUT2D eigenvalue weighted by molar-refractivity contribution is 0.0858. The fourth-order valence-electron chi connectivity index (χ4n) is 3.07. The minimum atomic E-state index is 0.150. The van der Waals surface area contributed by atoms with E-state index in [1.165, 1.54) is 11.1 Å². The van der Waals surface area contributed by atoms with Crippen LogP contribution in [0.25, 0.3) is 11.3 Å². The van der Waals surface area contributed by atoms with Crippen LogP contribution in [0.2, 0.25) is 0 Å². The molecule has 0 fully saturated rings. The quantitative estimate of drug-likeness (QED) is 0.756. The smallest absolute Gasteiger partial charge is 0.258 e. The van der Waals surface area contributed by atoms with Crippen molar-refractivity contribution in [2.24, 2.45) is 0 Å². The van der Waals surface area contributed by atoms with Gasteiger partial charge in [-0.3, -0.25) is 4.79 Å². The van der Waals surface area contributed by atoms with Crippen molar-refractivity contribution in [3.05, 3.63) is 71.3 Å². The fourth-order valence-corrected chi connectivity index (χ4v) is 3.07. The Morgan fingerprint density at radius 1 is 0.842 bits per heavy atom. The zero-order chi connectivity index (χ0) is 12.8. The fraction of sp³-hybridized carbons (Fsp3) is 0.118. The average Bonchev–Trinajstić information content (AvgIpc) is 3.02. The first-order valence-electron chi connectivity index (χ1n) is 6.56. The number of carbonyl (C=O) groups excluding carboxylic acids is 1. The van der Waals surface area contributed by atoms with E-state index < -0.39 is 0 Å². The molecule has 2 heterocycles. The van der Waals surface area contributed by atoms with Crippen LogP contribution in [0.1, 0.15) is 27.9 Å². The molecule has 0 saturated heterocycles. The van der Waals surface area contributed by atoms with E-state index in [0.29, 0.717) is 0 Å². The summed E-state index contributed by atoms with van der Waals surface area (Å²) in [6, 6.07) is 18.3. The molecule has 1 amide bonds. The molecule has 0 bridgehead atoms. The molecule has 2 aliphatic heterocycles. The minimum Gasteiger partial charge on any atom is -0.307 e. The van der Waals surface area contributed by atoms with Crippen molar-refractivity contribution in [1.29, 1.82) is 0 Å². The molecule has 0 radical (unpaired) electrons. The SMILES string of the molecule is O=C1c2ccccc2C2=C(c3ccccc3)CCN12. The van der Waals surface area contributed by atoms with E-state index >= 15 is 0 Å². The molecule has 92 valence electrons. The molecule has 0 saturated carbocycles. The molecule has 0 atom stereocenters. The highest BCUT2D eigenvalue weighted by atomic mass is 16.2. The van der Waals surface area contributed by atoms with Gasteiger partial charge in [-0.1, -0.05) is 48.5 Å². The molecule has 0 N–H and O–H groups in total. The van der Waals surface area contributed by atoms with Gasteiger partial charge in [-0.2, -0.15) is 0 Å². The van der Waals surface area contributed by atoms with E-state index in [1.807, 2.05) is 41.3 Å². The van der Waals surface area contributed by atoms with Crippen LogP contribution in [0.5, 0.6) is 0 Å². The molecule has 19 heavy (non-hydrogen) atoms. The van der Waals surface area contributed by atoms with E-state index in [4.69, 9.17) is 0 Å². The Balaban J connectivity index is 1.97.